The summed E-state index contributed by atoms with van der Waals surface area (Å²) in [5, 5.41) is 7.54. The van der Waals surface area contributed by atoms with Gasteiger partial charge in [-0.15, -0.1) is 0 Å². The summed E-state index contributed by atoms with van der Waals surface area (Å²) in [5.74, 6) is -0.281. The molecule has 0 bridgehead atoms. The lowest BCUT2D eigenvalue weighted by molar-refractivity contribution is -0.137. The molecule has 5 rings (SSSR count). The molecule has 12 heteroatoms. The summed E-state index contributed by atoms with van der Waals surface area (Å²) in [5.41, 5.74) is 6.83. The lowest BCUT2D eigenvalue weighted by atomic mass is 9.93. The van der Waals surface area contributed by atoms with E-state index in [9.17, 15) is 22.8 Å². The van der Waals surface area contributed by atoms with Crippen molar-refractivity contribution in [3.05, 3.63) is 107 Å². The van der Waals surface area contributed by atoms with E-state index < -0.39 is 17.6 Å². The smallest absolute Gasteiger partial charge is 0.371 e. The number of carbonyl (C=O) groups excluding carboxylic acids is 2. The molecule has 1 fully saturated rings. The van der Waals surface area contributed by atoms with Crippen LogP contribution in [0, 0.1) is 12.8 Å². The molecular weight excluding hydrogens is 581 g/mol. The third kappa shape index (κ3) is 8.57. The minimum atomic E-state index is -4.44. The third-order valence-electron chi connectivity index (χ3n) is 7.16. The first kappa shape index (κ1) is 31.6. The monoisotopic (exact) mass is 612 g/mol. The molecule has 8 nitrogen and oxygen atoms in total. The van der Waals surface area contributed by atoms with E-state index in [1.807, 2.05) is 12.1 Å². The van der Waals surface area contributed by atoms with Crippen LogP contribution < -0.4 is 16.0 Å². The van der Waals surface area contributed by atoms with Gasteiger partial charge in [0.05, 0.1) is 21.8 Å². The fourth-order valence-electron chi connectivity index (χ4n) is 4.84. The normalized spacial score (nSPS) is 13.7. The van der Waals surface area contributed by atoms with Crippen LogP contribution >= 0.6 is 11.6 Å². The van der Waals surface area contributed by atoms with E-state index in [-0.39, 0.29) is 17.3 Å². The number of halogens is 4. The van der Waals surface area contributed by atoms with E-state index in [0.717, 1.165) is 44.5 Å². The number of amides is 2. The number of benzene rings is 2. The van der Waals surface area contributed by atoms with Crippen LogP contribution in [0.5, 0.6) is 0 Å². The van der Waals surface area contributed by atoms with Crippen LogP contribution in [0.15, 0.2) is 79.1 Å². The van der Waals surface area contributed by atoms with E-state index in [0.29, 0.717) is 28.7 Å². The number of carbonyl (C=O) groups is 2. The fourth-order valence-corrected chi connectivity index (χ4v) is 5.07. The van der Waals surface area contributed by atoms with Crippen molar-refractivity contribution in [3.8, 4) is 5.69 Å². The number of nitrogens with two attached hydrogens (primary N) is 1. The number of aromatic nitrogens is 3. The SMILES string of the molecule is Cc1cc(C(=O)NCCC2CCN(c3ccncc3)CC2)nn1-c1cccc(C(F)(F)F)c1.NC(=O)c1ccccc1Cl. The molecule has 43 heavy (non-hydrogen) atoms. The van der Waals surface area contributed by atoms with Crippen molar-refractivity contribution in [2.24, 2.45) is 11.7 Å². The second-order valence-electron chi connectivity index (χ2n) is 10.2. The molecule has 0 radical (unpaired) electrons. The number of alkyl halides is 3. The fraction of sp³-hybridized carbons (Fsp3) is 0.290. The minimum Gasteiger partial charge on any atom is -0.371 e. The lowest BCUT2D eigenvalue weighted by Gasteiger charge is -2.33. The molecular formula is C31H32ClF3N6O2. The Morgan fingerprint density at radius 1 is 1.00 bits per heavy atom. The zero-order valence-electron chi connectivity index (χ0n) is 23.5. The Bertz CT molecular complexity index is 1540. The highest BCUT2D eigenvalue weighted by molar-refractivity contribution is 6.33. The van der Waals surface area contributed by atoms with Gasteiger partial charge in [-0.3, -0.25) is 14.6 Å². The molecule has 1 aliphatic rings. The first-order valence-corrected chi connectivity index (χ1v) is 14.1. The largest absolute Gasteiger partial charge is 0.416 e. The van der Waals surface area contributed by atoms with Crippen molar-refractivity contribution in [2.75, 3.05) is 24.5 Å². The first-order valence-electron chi connectivity index (χ1n) is 13.7. The van der Waals surface area contributed by atoms with E-state index in [4.69, 9.17) is 17.3 Å². The van der Waals surface area contributed by atoms with E-state index in [1.54, 1.807) is 49.6 Å². The first-order chi connectivity index (χ1) is 20.5. The summed E-state index contributed by atoms with van der Waals surface area (Å²) < 4.78 is 40.4. The molecule has 3 heterocycles. The molecule has 1 saturated heterocycles. The Kier molecular flexibility index (Phi) is 10.4. The van der Waals surface area contributed by atoms with Crippen molar-refractivity contribution >= 4 is 29.1 Å². The summed E-state index contributed by atoms with van der Waals surface area (Å²) in [7, 11) is 0. The number of rotatable bonds is 7. The quantitative estimate of drug-likeness (QED) is 0.264. The molecule has 3 N–H and O–H groups in total. The second kappa shape index (κ2) is 14.2. The number of primary amides is 1. The average Bonchev–Trinajstić information content (AvgIpc) is 3.39. The average molecular weight is 613 g/mol. The number of nitrogens with zero attached hydrogens (tertiary/aromatic N) is 4. The molecule has 0 unspecified atom stereocenters. The van der Waals surface area contributed by atoms with Crippen LogP contribution in [-0.2, 0) is 6.18 Å². The zero-order chi connectivity index (χ0) is 31.0. The molecule has 2 aromatic carbocycles. The van der Waals surface area contributed by atoms with Gasteiger partial charge in [0.15, 0.2) is 5.69 Å². The number of aryl methyl sites for hydroxylation is 1. The lowest BCUT2D eigenvalue weighted by Crippen LogP contribution is -2.35. The van der Waals surface area contributed by atoms with Gasteiger partial charge in [-0.05, 0) is 80.6 Å². The maximum absolute atomic E-state index is 13.0. The standard InChI is InChI=1S/C24H26F3N5O.C7H6ClNO/c1-17-15-22(30-32(17)21-4-2-3-19(16-21)24(25,26)27)23(33)29-12-5-18-8-13-31(14-9-18)20-6-10-28-11-7-20;8-6-4-2-1-3-5(6)7(9)10/h2-4,6-7,10-11,15-16,18H,5,8-9,12-14H2,1H3,(H,29,33);1-4H,(H2,9,10). The van der Waals surface area contributed by atoms with Crippen molar-refractivity contribution in [1.29, 1.82) is 0 Å². The van der Waals surface area contributed by atoms with Gasteiger partial charge >= 0.3 is 6.18 Å². The number of nitrogens with one attached hydrogen (secondary N) is 1. The predicted molar refractivity (Wildman–Crippen MR) is 159 cm³/mol. The Balaban J connectivity index is 0.000000359. The van der Waals surface area contributed by atoms with Crippen LogP contribution in [-0.4, -0.2) is 46.2 Å². The van der Waals surface area contributed by atoms with Gasteiger partial charge < -0.3 is 16.0 Å². The van der Waals surface area contributed by atoms with Crippen LogP contribution in [0.25, 0.3) is 5.69 Å². The van der Waals surface area contributed by atoms with E-state index >= 15 is 0 Å². The summed E-state index contributed by atoms with van der Waals surface area (Å²) in [6.45, 7) is 4.20. The molecule has 0 saturated carbocycles. The Morgan fingerprint density at radius 2 is 1.70 bits per heavy atom. The van der Waals surface area contributed by atoms with Crippen molar-refractivity contribution < 1.29 is 22.8 Å². The number of anilines is 1. The van der Waals surface area contributed by atoms with Crippen LogP contribution in [0.2, 0.25) is 5.02 Å². The van der Waals surface area contributed by atoms with E-state index in [2.05, 4.69) is 20.3 Å². The van der Waals surface area contributed by atoms with Crippen molar-refractivity contribution in [3.63, 3.8) is 0 Å². The highest BCUT2D eigenvalue weighted by atomic mass is 35.5. The Morgan fingerprint density at radius 3 is 2.33 bits per heavy atom. The predicted octanol–water partition coefficient (Wildman–Crippen LogP) is 6.07. The van der Waals surface area contributed by atoms with Crippen molar-refractivity contribution in [1.82, 2.24) is 20.1 Å². The highest BCUT2D eigenvalue weighted by Gasteiger charge is 2.30. The summed E-state index contributed by atoms with van der Waals surface area (Å²) in [6.07, 6.45) is 2.15. The molecule has 2 aromatic heterocycles. The Labute approximate surface area is 252 Å². The van der Waals surface area contributed by atoms with Gasteiger partial charge in [0.25, 0.3) is 5.91 Å². The van der Waals surface area contributed by atoms with Crippen LogP contribution in [0.3, 0.4) is 0 Å². The Hall–Kier alpha value is -4.38. The van der Waals surface area contributed by atoms with Gasteiger partial charge in [0.2, 0.25) is 5.91 Å². The molecule has 2 amide bonds. The number of hydrogen-bond acceptors (Lipinski definition) is 5. The summed E-state index contributed by atoms with van der Waals surface area (Å²) >= 11 is 5.62. The van der Waals surface area contributed by atoms with Gasteiger partial charge in [-0.2, -0.15) is 18.3 Å². The van der Waals surface area contributed by atoms with Gasteiger partial charge in [-0.1, -0.05) is 29.8 Å². The van der Waals surface area contributed by atoms with Crippen LogP contribution in [0.1, 0.15) is 51.4 Å². The van der Waals surface area contributed by atoms with Crippen LogP contribution in [0.4, 0.5) is 18.9 Å². The van der Waals surface area contributed by atoms with Crippen molar-refractivity contribution in [2.45, 2.75) is 32.4 Å². The second-order valence-corrected chi connectivity index (χ2v) is 10.6. The molecule has 0 spiro atoms. The molecule has 0 aliphatic carbocycles. The van der Waals surface area contributed by atoms with Gasteiger partial charge in [0.1, 0.15) is 0 Å². The van der Waals surface area contributed by atoms with E-state index in [1.165, 1.54) is 22.5 Å². The summed E-state index contributed by atoms with van der Waals surface area (Å²) in [4.78, 5) is 29.5. The van der Waals surface area contributed by atoms with Gasteiger partial charge in [-0.25, -0.2) is 4.68 Å². The number of pyridine rings is 1. The van der Waals surface area contributed by atoms with Gasteiger partial charge in [0, 0.05) is 43.4 Å². The maximum atomic E-state index is 13.0. The molecule has 4 aromatic rings. The summed E-state index contributed by atoms with van der Waals surface area (Å²) in [6, 6.07) is 17.2. The maximum Gasteiger partial charge on any atom is 0.416 e. The highest BCUT2D eigenvalue weighted by Crippen LogP contribution is 2.30. The number of piperidine rings is 1. The topological polar surface area (TPSA) is 106 Å². The minimum absolute atomic E-state index is 0.192. The third-order valence-corrected chi connectivity index (χ3v) is 7.49. The molecule has 226 valence electrons. The number of hydrogen-bond donors (Lipinski definition) is 2. The zero-order valence-corrected chi connectivity index (χ0v) is 24.3. The molecule has 1 aliphatic heterocycles. The molecule has 0 atom stereocenters.